The van der Waals surface area contributed by atoms with Crippen LogP contribution in [0.25, 0.3) is 0 Å². The first-order valence-electron chi connectivity index (χ1n) is 47.6. The van der Waals surface area contributed by atoms with E-state index in [1.165, 1.54) is 7.11 Å². The lowest BCUT2D eigenvalue weighted by Gasteiger charge is -2.29. The van der Waals surface area contributed by atoms with E-state index in [9.17, 15) is 4.79 Å². The first-order valence-corrected chi connectivity index (χ1v) is 69.5. The third-order valence-electron chi connectivity index (χ3n) is 21.5. The van der Waals surface area contributed by atoms with E-state index < -0.39 is 90.2 Å². The maximum absolute atomic E-state index is 15.8. The molecular formula is C86H179O23P7S7. The Labute approximate surface area is 780 Å². The van der Waals surface area contributed by atoms with Crippen LogP contribution in [0.4, 0.5) is 0 Å². The molecule has 0 amide bonds. The molecule has 0 heterocycles. The molecule has 123 heavy (non-hydrogen) atoms. The minimum Gasteiger partial charge on any atom is -0.469 e. The van der Waals surface area contributed by atoms with E-state index in [1.807, 2.05) is 0 Å². The maximum Gasteiger partial charge on any atom is 0.389 e. The molecule has 0 rings (SSSR count). The van der Waals surface area contributed by atoms with Gasteiger partial charge in [-0.25, -0.2) is 32.0 Å². The van der Waals surface area contributed by atoms with E-state index in [4.69, 9.17) is 68.1 Å². The van der Waals surface area contributed by atoms with Crippen LogP contribution in [-0.4, -0.2) is 143 Å². The Morgan fingerprint density at radius 1 is 0.236 bits per heavy atom. The van der Waals surface area contributed by atoms with Gasteiger partial charge in [-0.3, -0.25) is 31.9 Å². The summed E-state index contributed by atoms with van der Waals surface area (Å²) in [6, 6.07) is 0. The Morgan fingerprint density at radius 3 is 0.520 bits per heavy atom. The molecule has 0 saturated heterocycles. The normalized spacial score (nSPS) is 19.2. The molecule has 0 bridgehead atoms. The molecule has 0 aromatic heterocycles. The van der Waals surface area contributed by atoms with E-state index in [0.717, 1.165) is 285 Å². The fourth-order valence-electron chi connectivity index (χ4n) is 12.5. The molecule has 0 radical (unpaired) electrons. The Morgan fingerprint density at radius 2 is 0.382 bits per heavy atom. The maximum atomic E-state index is 15.8. The minimum atomic E-state index is -4.38. The van der Waals surface area contributed by atoms with E-state index >= 15 is 32.0 Å². The zero-order valence-electron chi connectivity index (χ0n) is 80.9. The van der Waals surface area contributed by atoms with Crippen molar-refractivity contribution >= 4 is 133 Å². The van der Waals surface area contributed by atoms with Crippen molar-refractivity contribution in [1.82, 2.24) is 0 Å². The third-order valence-corrected chi connectivity index (χ3v) is 49.2. The molecule has 0 saturated carbocycles. The fraction of sp³-hybridized carbons (Fsp3) is 0.988. The topological polar surface area (TPSA) is 275 Å². The highest BCUT2D eigenvalue weighted by molar-refractivity contribution is 8.57. The summed E-state index contributed by atoms with van der Waals surface area (Å²) in [5.74, 6) is 0.557. The highest BCUT2D eigenvalue weighted by Crippen LogP contribution is 2.71. The average Bonchev–Trinajstić information content (AvgIpc) is 0.844. The van der Waals surface area contributed by atoms with E-state index in [2.05, 4.69) is 111 Å². The zero-order valence-corrected chi connectivity index (χ0v) is 92.9. The van der Waals surface area contributed by atoms with E-state index in [-0.39, 0.29) is 147 Å². The summed E-state index contributed by atoms with van der Waals surface area (Å²) < 4.78 is 202. The van der Waals surface area contributed by atoms with Crippen molar-refractivity contribution in [2.45, 2.75) is 401 Å². The Balaban J connectivity index is 8.04. The van der Waals surface area contributed by atoms with Gasteiger partial charge in [0, 0.05) is 40.3 Å². The molecule has 0 fully saturated rings. The second-order valence-corrected chi connectivity index (χ2v) is 61.9. The number of carbonyl (C=O) groups is 1. The summed E-state index contributed by atoms with van der Waals surface area (Å²) in [5, 5.41) is 0. The smallest absolute Gasteiger partial charge is 0.389 e. The number of rotatable bonds is 90. The van der Waals surface area contributed by atoms with Crippen LogP contribution >= 0.6 is 127 Å². The van der Waals surface area contributed by atoms with Gasteiger partial charge in [0.2, 0.25) is 0 Å². The zero-order chi connectivity index (χ0) is 92.7. The number of ether oxygens (including phenoxy) is 1. The van der Waals surface area contributed by atoms with Crippen LogP contribution in [0, 0.1) is 47.3 Å². The molecule has 14 unspecified atom stereocenters. The summed E-state index contributed by atoms with van der Waals surface area (Å²) in [6.45, 7) is 17.7. The largest absolute Gasteiger partial charge is 0.469 e. The van der Waals surface area contributed by atoms with Gasteiger partial charge in [0.05, 0.1) is 103 Å². The monoisotopic (exact) mass is 2020 g/mol. The predicted octanol–water partition coefficient (Wildman–Crippen LogP) is 33.7. The molecule has 0 N–H and O–H groups in total. The summed E-state index contributed by atoms with van der Waals surface area (Å²) in [6.07, 6.45) is 24.6. The number of methoxy groups -OCH3 is 1. The first kappa shape index (κ1) is 126. The van der Waals surface area contributed by atoms with Crippen LogP contribution in [0.15, 0.2) is 0 Å². The summed E-state index contributed by atoms with van der Waals surface area (Å²) >= 11 is 6.42. The minimum absolute atomic E-state index is 0.0312. The van der Waals surface area contributed by atoms with Crippen molar-refractivity contribution in [3.05, 3.63) is 0 Å². The molecule has 0 aliphatic rings. The van der Waals surface area contributed by atoms with Crippen molar-refractivity contribution in [3.8, 4) is 0 Å². The van der Waals surface area contributed by atoms with Gasteiger partial charge in [-0.1, -0.05) is 265 Å². The first-order chi connectivity index (χ1) is 58.5. The van der Waals surface area contributed by atoms with Crippen molar-refractivity contribution in [2.75, 3.05) is 100 Å². The molecule has 37 heteroatoms. The molecule has 738 valence electrons. The highest BCUT2D eigenvalue weighted by Gasteiger charge is 2.42. The second-order valence-electron chi connectivity index (χ2n) is 33.3. The molecule has 0 aromatic carbocycles. The molecule has 0 spiro atoms. The van der Waals surface area contributed by atoms with Gasteiger partial charge in [-0.05, 0) is 220 Å². The van der Waals surface area contributed by atoms with Gasteiger partial charge in [0.25, 0.3) is 0 Å². The lowest BCUT2D eigenvalue weighted by Crippen LogP contribution is -2.19. The van der Waals surface area contributed by atoms with Gasteiger partial charge in [-0.15, -0.1) is 0 Å². The van der Waals surface area contributed by atoms with Crippen LogP contribution in [0.2, 0.25) is 0 Å². The van der Waals surface area contributed by atoms with Crippen LogP contribution in [0.3, 0.4) is 0 Å². The SMILES string of the molecule is CCCCC(CC)COP(=O)(OCC(CC)CCCC)SCC(C)OP(=O)(OC(C)CSP(=O)(OCC(CC)CCCC)OCC(CC)CCCC)SCC(C)OP(=O)(OC(C)CSP(=O)(OC(C)CSP(=O)(OCC(CC)CCCC)OCC(CC)CCCC)OC(C)CSP(=O)(OCC(CC)CCCC)OCC(CC)CCCC)SCCC(=O)OC. The molecule has 0 aliphatic heterocycles. The quantitative estimate of drug-likeness (QED) is 0.0404. The van der Waals surface area contributed by atoms with Crippen LogP contribution in [-0.2, 0) is 105 Å². The number of esters is 1. The highest BCUT2D eigenvalue weighted by atomic mass is 32.7. The van der Waals surface area contributed by atoms with Crippen molar-refractivity contribution in [3.63, 3.8) is 0 Å². The fourth-order valence-corrected chi connectivity index (χ4v) is 39.0. The Bertz CT molecular complexity index is 2530. The molecule has 23 nitrogen and oxygen atoms in total. The van der Waals surface area contributed by atoms with Gasteiger partial charge >= 0.3 is 53.6 Å². The number of unbranched alkanes of at least 4 members (excludes halogenated alkanes) is 8. The van der Waals surface area contributed by atoms with E-state index in [0.29, 0.717) is 0 Å². The predicted molar refractivity (Wildman–Crippen MR) is 534 cm³/mol. The van der Waals surface area contributed by atoms with Gasteiger partial charge < -0.3 is 40.9 Å². The van der Waals surface area contributed by atoms with Crippen LogP contribution in [0.1, 0.15) is 364 Å². The molecule has 14 atom stereocenters. The number of carbonyl (C=O) groups excluding carboxylic acids is 1. The average molecular weight is 2020 g/mol. The lowest BCUT2D eigenvalue weighted by molar-refractivity contribution is -0.140. The van der Waals surface area contributed by atoms with Gasteiger partial charge in [-0.2, -0.15) is 0 Å². The van der Waals surface area contributed by atoms with Crippen LogP contribution in [0.5, 0.6) is 0 Å². The summed E-state index contributed by atoms with van der Waals surface area (Å²) in [4.78, 5) is 12.7. The lowest BCUT2D eigenvalue weighted by atomic mass is 10.0. The standard InChI is InChI=1S/C86H179O23P7S7/c1-24-40-48-78(32-9)58-96-110(88,97-59-79(33-10)49-41-25-2)118-66-72(17)106-115(93,107-73(18)67-119-111(89,98-60-80(34-11)50-42-26-3)99-61-81(35-12)51-43-27-4)122-70-76(21)104-114(92,117-57-56-86(87)95-23)105-77(22)71-123-116(94,108-74(19)68-120-112(90,100-62-82(36-13)52-44-28-5)101-63-83(37-14)53-45-29-6)109-75(20)69-121-113(91,102-64-84(38-15)54-46-30-7)103-65-85(39-16)55-47-31-8/h72-85H,24-71H2,1-23H3. The molecular weight excluding hydrogens is 1840 g/mol. The van der Waals surface area contributed by atoms with Crippen molar-refractivity contribution < 1.29 is 105 Å². The van der Waals surface area contributed by atoms with Crippen molar-refractivity contribution in [2.24, 2.45) is 47.3 Å². The number of hydrogen-bond acceptors (Lipinski definition) is 30. The molecule has 0 aromatic rings. The van der Waals surface area contributed by atoms with Crippen molar-refractivity contribution in [1.29, 1.82) is 0 Å². The van der Waals surface area contributed by atoms with Crippen LogP contribution < -0.4 is 0 Å². The number of hydrogen-bond donors (Lipinski definition) is 0. The van der Waals surface area contributed by atoms with Gasteiger partial charge in [0.15, 0.2) is 0 Å². The molecule has 0 aliphatic carbocycles. The Kier molecular flexibility index (Phi) is 76.9. The third kappa shape index (κ3) is 62.4. The summed E-state index contributed by atoms with van der Waals surface area (Å²) in [7, 11) is 1.26. The van der Waals surface area contributed by atoms with Gasteiger partial charge in [0.1, 0.15) is 0 Å². The van der Waals surface area contributed by atoms with E-state index in [1.54, 1.807) is 41.5 Å². The Hall–Kier alpha value is 2.97. The second kappa shape index (κ2) is 75.1. The summed E-state index contributed by atoms with van der Waals surface area (Å²) in [5.41, 5.74) is 0.